The predicted molar refractivity (Wildman–Crippen MR) is 127 cm³/mol. The Balaban J connectivity index is 1.66. The molecule has 0 saturated carbocycles. The minimum atomic E-state index is -0.909. The molecule has 32 heavy (non-hydrogen) atoms. The number of benzene rings is 1. The van der Waals surface area contributed by atoms with Crippen molar-refractivity contribution in [2.45, 2.75) is 19.4 Å². The lowest BCUT2D eigenvalue weighted by molar-refractivity contribution is 0.0786. The van der Waals surface area contributed by atoms with Crippen molar-refractivity contribution in [3.8, 4) is 21.8 Å². The summed E-state index contributed by atoms with van der Waals surface area (Å²) in [6.45, 7) is 6.45. The lowest BCUT2D eigenvalue weighted by atomic mass is 9.96. The van der Waals surface area contributed by atoms with Gasteiger partial charge >= 0.3 is 0 Å². The molecule has 4 aromatic rings. The van der Waals surface area contributed by atoms with Crippen molar-refractivity contribution in [2.75, 3.05) is 36.9 Å². The third-order valence-corrected chi connectivity index (χ3v) is 6.62. The van der Waals surface area contributed by atoms with Gasteiger partial charge in [0.25, 0.3) is 0 Å². The minimum absolute atomic E-state index is 0.215. The molecule has 1 fully saturated rings. The van der Waals surface area contributed by atoms with Gasteiger partial charge in [-0.3, -0.25) is 0 Å². The maximum Gasteiger partial charge on any atom is 0.219 e. The van der Waals surface area contributed by atoms with E-state index in [2.05, 4.69) is 27.0 Å². The highest BCUT2D eigenvalue weighted by Crippen LogP contribution is 2.39. The van der Waals surface area contributed by atoms with Gasteiger partial charge in [0.15, 0.2) is 11.6 Å². The lowest BCUT2D eigenvalue weighted by Crippen LogP contribution is -2.36. The third kappa shape index (κ3) is 4.02. The maximum absolute atomic E-state index is 10.4. The van der Waals surface area contributed by atoms with Crippen molar-refractivity contribution < 1.29 is 9.84 Å². The Morgan fingerprint density at radius 3 is 2.53 bits per heavy atom. The molecule has 0 aliphatic carbocycles. The molecule has 1 saturated heterocycles. The van der Waals surface area contributed by atoms with Gasteiger partial charge in [-0.15, -0.1) is 11.3 Å². The van der Waals surface area contributed by atoms with Crippen LogP contribution in [0.3, 0.4) is 0 Å². The van der Waals surface area contributed by atoms with Crippen LogP contribution in [0.5, 0.6) is 0 Å². The van der Waals surface area contributed by atoms with Crippen LogP contribution in [-0.4, -0.2) is 51.3 Å². The first-order valence-electron chi connectivity index (χ1n) is 10.4. The van der Waals surface area contributed by atoms with Crippen LogP contribution in [0.25, 0.3) is 32.0 Å². The number of aromatic nitrogens is 4. The smallest absolute Gasteiger partial charge is 0.219 e. The molecular formula is C23H24N6O2S. The standard InChI is InChI=1S/C23H24N6O2S/c1-23(2,30)16-5-3-4-14(10-16)18-11-17-19(32-18)21(29-6-8-31-9-7-29)28-20(27-17)15-12-25-22(24)26-13-15/h3-5,10-13,30H,6-9H2,1-2H3,(H2,24,25,26). The summed E-state index contributed by atoms with van der Waals surface area (Å²) >= 11 is 1.66. The molecule has 0 atom stereocenters. The van der Waals surface area contributed by atoms with Crippen molar-refractivity contribution in [3.63, 3.8) is 0 Å². The average Bonchev–Trinajstić information content (AvgIpc) is 3.23. The molecule has 164 valence electrons. The molecule has 3 aromatic heterocycles. The van der Waals surface area contributed by atoms with Crippen LogP contribution in [0.4, 0.5) is 11.8 Å². The fraction of sp³-hybridized carbons (Fsp3) is 0.304. The van der Waals surface area contributed by atoms with E-state index in [1.807, 2.05) is 18.2 Å². The van der Waals surface area contributed by atoms with Gasteiger partial charge in [0.2, 0.25) is 5.95 Å². The summed E-state index contributed by atoms with van der Waals surface area (Å²) in [6.07, 6.45) is 3.29. The number of thiophene rings is 1. The summed E-state index contributed by atoms with van der Waals surface area (Å²) in [5, 5.41) is 10.4. The highest BCUT2D eigenvalue weighted by Gasteiger charge is 2.22. The zero-order valence-electron chi connectivity index (χ0n) is 17.9. The van der Waals surface area contributed by atoms with E-state index in [-0.39, 0.29) is 5.95 Å². The Labute approximate surface area is 189 Å². The van der Waals surface area contributed by atoms with Crippen LogP contribution < -0.4 is 10.6 Å². The number of morpholine rings is 1. The average molecular weight is 449 g/mol. The van der Waals surface area contributed by atoms with Crippen molar-refractivity contribution in [1.82, 2.24) is 19.9 Å². The number of aliphatic hydroxyl groups is 1. The van der Waals surface area contributed by atoms with Crippen molar-refractivity contribution in [1.29, 1.82) is 0 Å². The van der Waals surface area contributed by atoms with Crippen LogP contribution in [0.2, 0.25) is 0 Å². The summed E-state index contributed by atoms with van der Waals surface area (Å²) in [4.78, 5) is 21.2. The fourth-order valence-corrected chi connectivity index (χ4v) is 4.79. The number of hydrogen-bond acceptors (Lipinski definition) is 9. The zero-order valence-corrected chi connectivity index (χ0v) is 18.8. The van der Waals surface area contributed by atoms with E-state index >= 15 is 0 Å². The molecule has 4 heterocycles. The molecule has 5 rings (SSSR count). The van der Waals surface area contributed by atoms with E-state index in [9.17, 15) is 5.11 Å². The summed E-state index contributed by atoms with van der Waals surface area (Å²) in [5.74, 6) is 1.67. The van der Waals surface area contributed by atoms with Gasteiger partial charge in [-0.1, -0.05) is 18.2 Å². The van der Waals surface area contributed by atoms with Gasteiger partial charge in [-0.2, -0.15) is 0 Å². The molecule has 0 unspecified atom stereocenters. The Morgan fingerprint density at radius 1 is 1.06 bits per heavy atom. The molecule has 0 amide bonds. The topological polar surface area (TPSA) is 110 Å². The summed E-state index contributed by atoms with van der Waals surface area (Å²) < 4.78 is 6.57. The summed E-state index contributed by atoms with van der Waals surface area (Å²) in [5.41, 5.74) is 8.23. The van der Waals surface area contributed by atoms with E-state index in [0.29, 0.717) is 24.6 Å². The molecule has 1 aliphatic rings. The van der Waals surface area contributed by atoms with Crippen LogP contribution in [0.15, 0.2) is 42.7 Å². The first kappa shape index (κ1) is 20.7. The van der Waals surface area contributed by atoms with Crippen molar-refractivity contribution in [2.24, 2.45) is 0 Å². The summed E-state index contributed by atoms with van der Waals surface area (Å²) in [7, 11) is 0. The van der Waals surface area contributed by atoms with Crippen LogP contribution in [0, 0.1) is 0 Å². The van der Waals surface area contributed by atoms with E-state index in [0.717, 1.165) is 45.1 Å². The SMILES string of the molecule is CC(C)(O)c1cccc(-c2cc3nc(-c4cnc(N)nc4)nc(N4CCOCC4)c3s2)c1. The van der Waals surface area contributed by atoms with Crippen molar-refractivity contribution in [3.05, 3.63) is 48.3 Å². The van der Waals surface area contributed by atoms with Crippen LogP contribution >= 0.6 is 11.3 Å². The molecule has 1 aromatic carbocycles. The van der Waals surface area contributed by atoms with E-state index < -0.39 is 5.60 Å². The quantitative estimate of drug-likeness (QED) is 0.488. The summed E-state index contributed by atoms with van der Waals surface area (Å²) in [6, 6.07) is 10.1. The predicted octanol–water partition coefficient (Wildman–Crippen LogP) is 3.46. The molecule has 1 aliphatic heterocycles. The first-order chi connectivity index (χ1) is 15.4. The molecule has 0 radical (unpaired) electrons. The monoisotopic (exact) mass is 448 g/mol. The van der Waals surface area contributed by atoms with Gasteiger partial charge in [0.05, 0.1) is 34.6 Å². The molecule has 0 bridgehead atoms. The minimum Gasteiger partial charge on any atom is -0.386 e. The number of fused-ring (bicyclic) bond motifs is 1. The Morgan fingerprint density at radius 2 is 1.81 bits per heavy atom. The second kappa shape index (κ2) is 8.09. The van der Waals surface area contributed by atoms with Crippen molar-refractivity contribution >= 4 is 33.3 Å². The van der Waals surface area contributed by atoms with E-state index in [1.54, 1.807) is 37.6 Å². The molecular weight excluding hydrogens is 424 g/mol. The number of nitrogens with zero attached hydrogens (tertiary/aromatic N) is 5. The molecule has 3 N–H and O–H groups in total. The van der Waals surface area contributed by atoms with Gasteiger partial charge in [-0.05, 0) is 37.1 Å². The number of ether oxygens (including phenoxy) is 1. The van der Waals surface area contributed by atoms with E-state index in [1.165, 1.54) is 0 Å². The van der Waals surface area contributed by atoms with Gasteiger partial charge < -0.3 is 20.5 Å². The van der Waals surface area contributed by atoms with Gasteiger partial charge in [-0.25, -0.2) is 19.9 Å². The second-order valence-corrected chi connectivity index (χ2v) is 9.32. The Bertz CT molecular complexity index is 1260. The Hall–Kier alpha value is -3.14. The highest BCUT2D eigenvalue weighted by molar-refractivity contribution is 7.22. The van der Waals surface area contributed by atoms with Crippen LogP contribution in [0.1, 0.15) is 19.4 Å². The zero-order chi connectivity index (χ0) is 22.3. The second-order valence-electron chi connectivity index (χ2n) is 8.27. The molecule has 9 heteroatoms. The first-order valence-corrected chi connectivity index (χ1v) is 11.3. The normalized spacial score (nSPS) is 14.8. The number of anilines is 2. The number of rotatable bonds is 4. The highest BCUT2D eigenvalue weighted by atomic mass is 32.1. The number of nitrogen functional groups attached to an aromatic ring is 1. The van der Waals surface area contributed by atoms with Gasteiger partial charge in [0, 0.05) is 30.4 Å². The van der Waals surface area contributed by atoms with Gasteiger partial charge in [0.1, 0.15) is 0 Å². The molecule has 8 nitrogen and oxygen atoms in total. The lowest BCUT2D eigenvalue weighted by Gasteiger charge is -2.28. The number of hydrogen-bond donors (Lipinski definition) is 2. The fourth-order valence-electron chi connectivity index (χ4n) is 3.68. The van der Waals surface area contributed by atoms with Crippen LogP contribution in [-0.2, 0) is 10.3 Å². The maximum atomic E-state index is 10.4. The number of nitrogens with two attached hydrogens (primary N) is 1. The largest absolute Gasteiger partial charge is 0.386 e. The third-order valence-electron chi connectivity index (χ3n) is 5.45. The Kier molecular flexibility index (Phi) is 5.24. The van der Waals surface area contributed by atoms with E-state index in [4.69, 9.17) is 20.4 Å². The molecule has 0 spiro atoms.